The maximum Gasteiger partial charge on any atom is 0.241 e. The van der Waals surface area contributed by atoms with E-state index >= 15 is 0 Å². The lowest BCUT2D eigenvalue weighted by atomic mass is 10.0. The average molecular weight is 406 g/mol. The maximum atomic E-state index is 13.1. The first-order chi connectivity index (χ1) is 13.2. The quantitative estimate of drug-likeness (QED) is 0.788. The number of hydrogen-bond acceptors (Lipinski definition) is 5. The molecule has 0 fully saturated rings. The van der Waals surface area contributed by atoms with E-state index in [9.17, 15) is 8.42 Å². The molecular formula is C21H27NO5S. The number of benzene rings is 2. The van der Waals surface area contributed by atoms with E-state index in [0.717, 1.165) is 11.1 Å². The van der Waals surface area contributed by atoms with E-state index < -0.39 is 16.1 Å². The van der Waals surface area contributed by atoms with Gasteiger partial charge < -0.3 is 14.2 Å². The predicted molar refractivity (Wildman–Crippen MR) is 108 cm³/mol. The van der Waals surface area contributed by atoms with Gasteiger partial charge in [0.05, 0.1) is 12.0 Å². The van der Waals surface area contributed by atoms with Crippen molar-refractivity contribution in [1.29, 1.82) is 0 Å². The van der Waals surface area contributed by atoms with Crippen LogP contribution in [0.5, 0.6) is 17.2 Å². The lowest BCUT2D eigenvalue weighted by molar-refractivity contribution is 0.171. The van der Waals surface area contributed by atoms with Gasteiger partial charge in [-0.15, -0.1) is 0 Å². The molecule has 1 atom stereocenters. The zero-order chi connectivity index (χ0) is 20.5. The molecule has 0 unspecified atom stereocenters. The van der Waals surface area contributed by atoms with Gasteiger partial charge in [0.15, 0.2) is 11.5 Å². The molecule has 0 aromatic heterocycles. The molecule has 0 saturated carbocycles. The highest BCUT2D eigenvalue weighted by molar-refractivity contribution is 7.89. The molecule has 0 saturated heterocycles. The smallest absolute Gasteiger partial charge is 0.241 e. The molecule has 28 heavy (non-hydrogen) atoms. The first-order valence-electron chi connectivity index (χ1n) is 9.33. The van der Waals surface area contributed by atoms with Gasteiger partial charge in [0, 0.05) is 6.04 Å². The van der Waals surface area contributed by atoms with Crippen molar-refractivity contribution in [3.63, 3.8) is 0 Å². The minimum absolute atomic E-state index is 0.139. The Bertz CT molecular complexity index is 969. The predicted octanol–water partition coefficient (Wildman–Crippen LogP) is 3.94. The number of methoxy groups -OCH3 is 1. The first kappa shape index (κ1) is 20.5. The second kappa shape index (κ2) is 8.01. The third-order valence-corrected chi connectivity index (χ3v) is 6.52. The van der Waals surface area contributed by atoms with Crippen LogP contribution in [-0.4, -0.2) is 28.7 Å². The summed E-state index contributed by atoms with van der Waals surface area (Å²) in [5.41, 5.74) is 2.31. The molecule has 1 heterocycles. The monoisotopic (exact) mass is 405 g/mol. The highest BCUT2D eigenvalue weighted by Crippen LogP contribution is 2.34. The summed E-state index contributed by atoms with van der Waals surface area (Å²) in [5, 5.41) is 0. The lowest BCUT2D eigenvalue weighted by Gasteiger charge is -2.22. The number of aryl methyl sites for hydroxylation is 1. The normalized spacial score (nSPS) is 14.8. The van der Waals surface area contributed by atoms with Crippen LogP contribution < -0.4 is 18.9 Å². The molecule has 1 aliphatic rings. The molecule has 0 amide bonds. The molecule has 0 spiro atoms. The van der Waals surface area contributed by atoms with Gasteiger partial charge in [-0.05, 0) is 60.7 Å². The Kier molecular flexibility index (Phi) is 5.86. The van der Waals surface area contributed by atoms with Crippen LogP contribution in [0, 0.1) is 6.92 Å². The minimum Gasteiger partial charge on any atom is -0.496 e. The first-order valence-corrected chi connectivity index (χ1v) is 10.8. The van der Waals surface area contributed by atoms with Gasteiger partial charge in [-0.2, -0.15) is 0 Å². The standard InChI is InChI=1S/C21H27NO5S/c1-13(2)17-12-21(14(3)10-19(17)25-5)28(23,24)22-15(4)16-6-7-18-20(11-16)27-9-8-26-18/h6-7,10-13,15,22H,8-9H2,1-5H3/t15-/m0/s1. The maximum absolute atomic E-state index is 13.1. The van der Waals surface area contributed by atoms with E-state index in [0.29, 0.717) is 36.0 Å². The second-order valence-corrected chi connectivity index (χ2v) is 8.94. The molecule has 0 bridgehead atoms. The van der Waals surface area contributed by atoms with E-state index in [4.69, 9.17) is 14.2 Å². The van der Waals surface area contributed by atoms with Gasteiger partial charge in [0.2, 0.25) is 10.0 Å². The molecule has 3 rings (SSSR count). The third-order valence-electron chi connectivity index (χ3n) is 4.84. The van der Waals surface area contributed by atoms with Crippen LogP contribution in [-0.2, 0) is 10.0 Å². The Balaban J connectivity index is 1.90. The molecular weight excluding hydrogens is 378 g/mol. The summed E-state index contributed by atoms with van der Waals surface area (Å²) in [6.45, 7) is 8.60. The largest absolute Gasteiger partial charge is 0.496 e. The summed E-state index contributed by atoms with van der Waals surface area (Å²) in [5.74, 6) is 2.15. The van der Waals surface area contributed by atoms with Gasteiger partial charge >= 0.3 is 0 Å². The van der Waals surface area contributed by atoms with Crippen LogP contribution in [0.3, 0.4) is 0 Å². The van der Waals surface area contributed by atoms with E-state index in [2.05, 4.69) is 4.72 Å². The molecule has 152 valence electrons. The Hall–Kier alpha value is -2.25. The highest BCUT2D eigenvalue weighted by Gasteiger charge is 2.24. The number of rotatable bonds is 6. The number of fused-ring (bicyclic) bond motifs is 1. The van der Waals surface area contributed by atoms with Crippen molar-refractivity contribution in [2.75, 3.05) is 20.3 Å². The van der Waals surface area contributed by atoms with Gasteiger partial charge in [0.1, 0.15) is 19.0 Å². The van der Waals surface area contributed by atoms with Crippen molar-refractivity contribution in [3.05, 3.63) is 47.0 Å². The van der Waals surface area contributed by atoms with Crippen molar-refractivity contribution < 1.29 is 22.6 Å². The number of ether oxygens (including phenoxy) is 3. The van der Waals surface area contributed by atoms with Gasteiger partial charge in [-0.3, -0.25) is 0 Å². The van der Waals surface area contributed by atoms with E-state index in [1.54, 1.807) is 26.2 Å². The average Bonchev–Trinajstić information content (AvgIpc) is 2.66. The van der Waals surface area contributed by atoms with Crippen molar-refractivity contribution in [2.45, 2.75) is 44.6 Å². The third kappa shape index (κ3) is 4.10. The zero-order valence-corrected chi connectivity index (χ0v) is 17.7. The second-order valence-electron chi connectivity index (χ2n) is 7.26. The van der Waals surface area contributed by atoms with Crippen LogP contribution in [0.1, 0.15) is 49.4 Å². The fourth-order valence-corrected chi connectivity index (χ4v) is 4.78. The number of hydrogen-bond donors (Lipinski definition) is 1. The summed E-state index contributed by atoms with van der Waals surface area (Å²) < 4.78 is 45.5. The van der Waals surface area contributed by atoms with Crippen LogP contribution >= 0.6 is 0 Å². The van der Waals surface area contributed by atoms with Crippen LogP contribution in [0.4, 0.5) is 0 Å². The van der Waals surface area contributed by atoms with E-state index in [-0.39, 0.29) is 10.8 Å². The summed E-state index contributed by atoms with van der Waals surface area (Å²) in [4.78, 5) is 0.265. The molecule has 7 heteroatoms. The number of nitrogens with one attached hydrogen (secondary N) is 1. The van der Waals surface area contributed by atoms with Gasteiger partial charge in [-0.25, -0.2) is 13.1 Å². The van der Waals surface area contributed by atoms with E-state index in [1.165, 1.54) is 0 Å². The van der Waals surface area contributed by atoms with Crippen LogP contribution in [0.25, 0.3) is 0 Å². The highest BCUT2D eigenvalue weighted by atomic mass is 32.2. The number of sulfonamides is 1. The van der Waals surface area contributed by atoms with Crippen LogP contribution in [0.2, 0.25) is 0 Å². The fraction of sp³-hybridized carbons (Fsp3) is 0.429. The summed E-state index contributed by atoms with van der Waals surface area (Å²) in [7, 11) is -2.12. The topological polar surface area (TPSA) is 73.9 Å². The lowest BCUT2D eigenvalue weighted by Crippen LogP contribution is -2.28. The molecule has 0 aliphatic carbocycles. The molecule has 1 aliphatic heterocycles. The molecule has 6 nitrogen and oxygen atoms in total. The summed E-state index contributed by atoms with van der Waals surface area (Å²) >= 11 is 0. The van der Waals surface area contributed by atoms with Crippen molar-refractivity contribution in [2.24, 2.45) is 0 Å². The molecule has 2 aromatic carbocycles. The van der Waals surface area contributed by atoms with Crippen molar-refractivity contribution in [3.8, 4) is 17.2 Å². The van der Waals surface area contributed by atoms with E-state index in [1.807, 2.05) is 39.0 Å². The Morgan fingerprint density at radius 1 is 1.04 bits per heavy atom. The van der Waals surface area contributed by atoms with Crippen LogP contribution in [0.15, 0.2) is 35.2 Å². The minimum atomic E-state index is -3.72. The zero-order valence-electron chi connectivity index (χ0n) is 16.9. The summed E-state index contributed by atoms with van der Waals surface area (Å²) in [6, 6.07) is 8.54. The summed E-state index contributed by atoms with van der Waals surface area (Å²) in [6.07, 6.45) is 0. The SMILES string of the molecule is COc1cc(C)c(S(=O)(=O)N[C@@H](C)c2ccc3c(c2)OCCO3)cc1C(C)C. The fourth-order valence-electron chi connectivity index (χ4n) is 3.29. The molecule has 0 radical (unpaired) electrons. The Morgan fingerprint density at radius 3 is 2.36 bits per heavy atom. The van der Waals surface area contributed by atoms with Gasteiger partial charge in [-0.1, -0.05) is 19.9 Å². The van der Waals surface area contributed by atoms with Gasteiger partial charge in [0.25, 0.3) is 0 Å². The Labute approximate surface area is 166 Å². The molecule has 1 N–H and O–H groups in total. The van der Waals surface area contributed by atoms with Crippen molar-refractivity contribution >= 4 is 10.0 Å². The van der Waals surface area contributed by atoms with Crippen molar-refractivity contribution in [1.82, 2.24) is 4.72 Å². The Morgan fingerprint density at radius 2 is 1.71 bits per heavy atom. The molecule has 2 aromatic rings.